The minimum atomic E-state index is -3.73. The molecule has 0 bridgehead atoms. The maximum absolute atomic E-state index is 12.7. The molecule has 0 aliphatic rings. The summed E-state index contributed by atoms with van der Waals surface area (Å²) in [7, 11) is -3.73. The minimum Gasteiger partial charge on any atom is -0.484 e. The normalized spacial score (nSPS) is 12.1. The molecule has 0 spiro atoms. The second-order valence-electron chi connectivity index (χ2n) is 7.59. The van der Waals surface area contributed by atoms with E-state index in [4.69, 9.17) is 4.74 Å². The van der Waals surface area contributed by atoms with Gasteiger partial charge in [0.1, 0.15) is 5.75 Å². The molecule has 2 N–H and O–H groups in total. The number of aryl methyl sites for hydroxylation is 2. The number of benzene rings is 3. The lowest BCUT2D eigenvalue weighted by Gasteiger charge is -2.15. The first-order valence-corrected chi connectivity index (χ1v) is 12.3. The van der Waals surface area contributed by atoms with Gasteiger partial charge in [-0.2, -0.15) is 0 Å². The quantitative estimate of drug-likeness (QED) is 0.434. The standard InChI is InChI=1S/C24H25BrN2O4S/c1-16-11-17(2)13-21(12-16)27-32(29,30)23-9-7-22(8-10-23)31-15-24(28)26-18(3)19-5-4-6-20(25)14-19/h4-14,18,27H,15H2,1-3H3,(H,26,28)/t18-/m1/s1. The molecule has 168 valence electrons. The molecule has 0 saturated carbocycles. The fraction of sp³-hybridized carbons (Fsp3) is 0.208. The predicted molar refractivity (Wildman–Crippen MR) is 129 cm³/mol. The van der Waals surface area contributed by atoms with Crippen molar-refractivity contribution in [3.63, 3.8) is 0 Å². The highest BCUT2D eigenvalue weighted by atomic mass is 79.9. The molecule has 0 fully saturated rings. The molecule has 1 atom stereocenters. The van der Waals surface area contributed by atoms with Gasteiger partial charge in [0.15, 0.2) is 6.61 Å². The zero-order valence-corrected chi connectivity index (χ0v) is 20.5. The SMILES string of the molecule is Cc1cc(C)cc(NS(=O)(=O)c2ccc(OCC(=O)N[C@H](C)c3cccc(Br)c3)cc2)c1. The van der Waals surface area contributed by atoms with Gasteiger partial charge in [0.2, 0.25) is 0 Å². The van der Waals surface area contributed by atoms with E-state index in [9.17, 15) is 13.2 Å². The number of rotatable bonds is 8. The van der Waals surface area contributed by atoms with Crippen molar-refractivity contribution in [1.29, 1.82) is 0 Å². The summed E-state index contributed by atoms with van der Waals surface area (Å²) in [6.07, 6.45) is 0. The molecule has 3 aromatic carbocycles. The zero-order chi connectivity index (χ0) is 23.3. The molecule has 1 amide bonds. The van der Waals surface area contributed by atoms with Crippen molar-refractivity contribution >= 4 is 37.5 Å². The highest BCUT2D eigenvalue weighted by Crippen LogP contribution is 2.21. The van der Waals surface area contributed by atoms with Crippen molar-refractivity contribution in [3.05, 3.63) is 87.9 Å². The first kappa shape index (κ1) is 23.8. The maximum atomic E-state index is 12.7. The van der Waals surface area contributed by atoms with Crippen molar-refractivity contribution < 1.29 is 17.9 Å². The summed E-state index contributed by atoms with van der Waals surface area (Å²) in [6.45, 7) is 5.53. The molecule has 8 heteroatoms. The van der Waals surface area contributed by atoms with Crippen LogP contribution >= 0.6 is 15.9 Å². The number of amides is 1. The summed E-state index contributed by atoms with van der Waals surface area (Å²) in [5.74, 6) is 0.131. The molecule has 0 aliphatic heterocycles. The summed E-state index contributed by atoms with van der Waals surface area (Å²) >= 11 is 3.42. The third kappa shape index (κ3) is 6.58. The van der Waals surface area contributed by atoms with Crippen molar-refractivity contribution in [2.75, 3.05) is 11.3 Å². The monoisotopic (exact) mass is 516 g/mol. The van der Waals surface area contributed by atoms with Crippen LogP contribution in [0, 0.1) is 13.8 Å². The molecule has 6 nitrogen and oxygen atoms in total. The maximum Gasteiger partial charge on any atom is 0.261 e. The molecule has 0 aromatic heterocycles. The molecule has 0 radical (unpaired) electrons. The Kier molecular flexibility index (Phi) is 7.58. The van der Waals surface area contributed by atoms with Crippen LogP contribution in [0.5, 0.6) is 5.75 Å². The first-order chi connectivity index (χ1) is 15.1. The Labute approximate surface area is 197 Å². The second kappa shape index (κ2) is 10.2. The summed E-state index contributed by atoms with van der Waals surface area (Å²) in [4.78, 5) is 12.3. The lowest BCUT2D eigenvalue weighted by atomic mass is 10.1. The summed E-state index contributed by atoms with van der Waals surface area (Å²) in [5.41, 5.74) is 3.43. The number of hydrogen-bond acceptors (Lipinski definition) is 4. The molecule has 3 aromatic rings. The van der Waals surface area contributed by atoms with Gasteiger partial charge in [0.05, 0.1) is 10.9 Å². The van der Waals surface area contributed by atoms with Crippen LogP contribution in [0.4, 0.5) is 5.69 Å². The Hall–Kier alpha value is -2.84. The fourth-order valence-corrected chi connectivity index (χ4v) is 4.71. The number of hydrogen-bond donors (Lipinski definition) is 2. The van der Waals surface area contributed by atoms with Crippen LogP contribution in [0.3, 0.4) is 0 Å². The molecule has 0 aliphatic carbocycles. The van der Waals surface area contributed by atoms with Gasteiger partial charge in [0.25, 0.3) is 15.9 Å². The Balaban J connectivity index is 1.57. The van der Waals surface area contributed by atoms with Crippen LogP contribution in [-0.2, 0) is 14.8 Å². The molecule has 0 saturated heterocycles. The molecule has 3 rings (SSSR count). The van der Waals surface area contributed by atoms with Crippen LogP contribution in [0.2, 0.25) is 0 Å². The lowest BCUT2D eigenvalue weighted by Crippen LogP contribution is -2.31. The number of carbonyl (C=O) groups is 1. The van der Waals surface area contributed by atoms with E-state index in [1.165, 1.54) is 24.3 Å². The Morgan fingerprint density at radius 1 is 1.00 bits per heavy atom. The highest BCUT2D eigenvalue weighted by Gasteiger charge is 2.15. The van der Waals surface area contributed by atoms with Gasteiger partial charge in [-0.25, -0.2) is 8.42 Å². The molecule has 0 unspecified atom stereocenters. The average molecular weight is 517 g/mol. The number of nitrogens with one attached hydrogen (secondary N) is 2. The number of halogens is 1. The number of anilines is 1. The molecular formula is C24H25BrN2O4S. The number of carbonyl (C=O) groups excluding carboxylic acids is 1. The summed E-state index contributed by atoms with van der Waals surface area (Å²) < 4.78 is 34.4. The van der Waals surface area contributed by atoms with Gasteiger partial charge in [0, 0.05) is 10.2 Å². The van der Waals surface area contributed by atoms with Crippen LogP contribution in [0.1, 0.15) is 29.7 Å². The lowest BCUT2D eigenvalue weighted by molar-refractivity contribution is -0.123. The minimum absolute atomic E-state index is 0.108. The predicted octanol–water partition coefficient (Wildman–Crippen LogP) is 5.12. The van der Waals surface area contributed by atoms with Crippen molar-refractivity contribution in [1.82, 2.24) is 5.32 Å². The van der Waals surface area contributed by atoms with Gasteiger partial charge in [-0.3, -0.25) is 9.52 Å². The van der Waals surface area contributed by atoms with Gasteiger partial charge in [-0.05, 0) is 86.0 Å². The smallest absolute Gasteiger partial charge is 0.261 e. The van der Waals surface area contributed by atoms with E-state index in [2.05, 4.69) is 26.0 Å². The van der Waals surface area contributed by atoms with Gasteiger partial charge in [-0.15, -0.1) is 0 Å². The number of ether oxygens (including phenoxy) is 1. The van der Waals surface area contributed by atoms with E-state index in [1.54, 1.807) is 12.1 Å². The second-order valence-corrected chi connectivity index (χ2v) is 10.2. The van der Waals surface area contributed by atoms with Crippen molar-refractivity contribution in [2.45, 2.75) is 31.7 Å². The van der Waals surface area contributed by atoms with Crippen LogP contribution in [0.25, 0.3) is 0 Å². The first-order valence-electron chi connectivity index (χ1n) is 10.0. The van der Waals surface area contributed by atoms with Gasteiger partial charge >= 0.3 is 0 Å². The van der Waals surface area contributed by atoms with Crippen molar-refractivity contribution in [3.8, 4) is 5.75 Å². The van der Waals surface area contributed by atoms with E-state index >= 15 is 0 Å². The van der Waals surface area contributed by atoms with E-state index in [0.717, 1.165) is 21.2 Å². The Bertz CT molecular complexity index is 1190. The molecule has 0 heterocycles. The third-order valence-corrected chi connectivity index (χ3v) is 6.59. The topological polar surface area (TPSA) is 84.5 Å². The van der Waals surface area contributed by atoms with Crippen LogP contribution in [0.15, 0.2) is 76.1 Å². The molecule has 32 heavy (non-hydrogen) atoms. The van der Waals surface area contributed by atoms with E-state index in [-0.39, 0.29) is 23.5 Å². The molecular weight excluding hydrogens is 492 g/mol. The van der Waals surface area contributed by atoms with E-state index < -0.39 is 10.0 Å². The largest absolute Gasteiger partial charge is 0.484 e. The average Bonchev–Trinajstić information content (AvgIpc) is 2.71. The van der Waals surface area contributed by atoms with Gasteiger partial charge < -0.3 is 10.1 Å². The van der Waals surface area contributed by atoms with Crippen LogP contribution < -0.4 is 14.8 Å². The Morgan fingerprint density at radius 3 is 2.28 bits per heavy atom. The summed E-state index contributed by atoms with van der Waals surface area (Å²) in [5, 5.41) is 2.87. The summed E-state index contributed by atoms with van der Waals surface area (Å²) in [6, 6.07) is 19.0. The van der Waals surface area contributed by atoms with E-state index in [1.807, 2.05) is 51.1 Å². The van der Waals surface area contributed by atoms with Crippen LogP contribution in [-0.4, -0.2) is 20.9 Å². The third-order valence-electron chi connectivity index (χ3n) is 4.70. The van der Waals surface area contributed by atoms with Gasteiger partial charge in [-0.1, -0.05) is 34.1 Å². The van der Waals surface area contributed by atoms with E-state index in [0.29, 0.717) is 11.4 Å². The Morgan fingerprint density at radius 2 is 1.66 bits per heavy atom. The van der Waals surface area contributed by atoms with Crippen molar-refractivity contribution in [2.24, 2.45) is 0 Å². The number of sulfonamides is 1. The highest BCUT2D eigenvalue weighted by molar-refractivity contribution is 9.10. The fourth-order valence-electron chi connectivity index (χ4n) is 3.25. The zero-order valence-electron chi connectivity index (χ0n) is 18.1.